The van der Waals surface area contributed by atoms with Gasteiger partial charge >= 0.3 is 5.97 Å². The number of sulfonamides is 1. The van der Waals surface area contributed by atoms with Crippen molar-refractivity contribution < 1.29 is 22.7 Å². The van der Waals surface area contributed by atoms with Crippen molar-refractivity contribution in [3.63, 3.8) is 0 Å². The first kappa shape index (κ1) is 20.6. The Hall–Kier alpha value is -2.72. The van der Waals surface area contributed by atoms with Crippen molar-refractivity contribution in [3.8, 4) is 0 Å². The van der Waals surface area contributed by atoms with E-state index in [0.717, 1.165) is 5.69 Å². The number of carbonyl (C=O) groups is 2. The number of benzene rings is 1. The lowest BCUT2D eigenvalue weighted by Crippen LogP contribution is -2.30. The molecule has 0 aliphatic heterocycles. The minimum atomic E-state index is -3.59. The van der Waals surface area contributed by atoms with Crippen molar-refractivity contribution in [1.82, 2.24) is 14.5 Å². The van der Waals surface area contributed by atoms with Crippen LogP contribution in [0.25, 0.3) is 0 Å². The molecule has 1 amide bonds. The summed E-state index contributed by atoms with van der Waals surface area (Å²) in [5, 5.41) is 6.91. The van der Waals surface area contributed by atoms with Gasteiger partial charge in [-0.25, -0.2) is 17.9 Å². The zero-order chi connectivity index (χ0) is 20.4. The van der Waals surface area contributed by atoms with E-state index in [4.69, 9.17) is 4.74 Å². The topological polar surface area (TPSA) is 119 Å². The summed E-state index contributed by atoms with van der Waals surface area (Å²) < 4.78 is 32.4. The number of aromatic nitrogens is 2. The van der Waals surface area contributed by atoms with Crippen molar-refractivity contribution in [2.24, 2.45) is 7.05 Å². The van der Waals surface area contributed by atoms with E-state index in [1.165, 1.54) is 38.2 Å². The molecule has 0 saturated heterocycles. The van der Waals surface area contributed by atoms with Crippen LogP contribution in [0.2, 0.25) is 0 Å². The molecule has 0 aliphatic carbocycles. The largest absolute Gasteiger partial charge is 0.449 e. The second-order valence-electron chi connectivity index (χ2n) is 5.94. The molecule has 2 aromatic rings. The number of nitrogens with zero attached hydrogens (tertiary/aromatic N) is 2. The molecular weight excluding hydrogens is 372 g/mol. The molecule has 146 valence electrons. The summed E-state index contributed by atoms with van der Waals surface area (Å²) in [5.74, 6) is -1.22. The molecule has 1 heterocycles. The Kier molecular flexibility index (Phi) is 6.01. The lowest BCUT2D eigenvalue weighted by molar-refractivity contribution is -0.123. The number of anilines is 1. The van der Waals surface area contributed by atoms with E-state index in [1.54, 1.807) is 18.7 Å². The van der Waals surface area contributed by atoms with Gasteiger partial charge in [-0.1, -0.05) is 0 Å². The van der Waals surface area contributed by atoms with Crippen molar-refractivity contribution in [2.45, 2.75) is 31.8 Å². The summed E-state index contributed by atoms with van der Waals surface area (Å²) in [6.45, 7) is 5.03. The Morgan fingerprint density at radius 2 is 1.78 bits per heavy atom. The zero-order valence-electron chi connectivity index (χ0n) is 15.7. The van der Waals surface area contributed by atoms with Gasteiger partial charge in [0.15, 0.2) is 6.10 Å². The second-order valence-corrected chi connectivity index (χ2v) is 7.82. The van der Waals surface area contributed by atoms with Crippen LogP contribution in [-0.4, -0.2) is 43.2 Å². The number of carbonyl (C=O) groups excluding carboxylic acids is 2. The molecule has 0 radical (unpaired) electrons. The maximum Gasteiger partial charge on any atom is 0.338 e. The van der Waals surface area contributed by atoms with Gasteiger partial charge in [0.2, 0.25) is 10.0 Å². The van der Waals surface area contributed by atoms with E-state index in [9.17, 15) is 18.0 Å². The Labute approximate surface area is 157 Å². The SMILES string of the molecule is CNS(=O)(=O)c1ccc(C(=O)OC(C)C(=O)Nc2c(C)nn(C)c2C)cc1. The molecule has 0 bridgehead atoms. The van der Waals surface area contributed by atoms with E-state index in [0.29, 0.717) is 11.4 Å². The number of aryl methyl sites for hydroxylation is 2. The van der Waals surface area contributed by atoms with Gasteiger partial charge in [0.1, 0.15) is 0 Å². The molecule has 0 fully saturated rings. The van der Waals surface area contributed by atoms with Crippen molar-refractivity contribution in [3.05, 3.63) is 41.2 Å². The number of amides is 1. The summed E-state index contributed by atoms with van der Waals surface area (Å²) in [7, 11) is -0.534. The molecule has 10 heteroatoms. The van der Waals surface area contributed by atoms with Crippen LogP contribution in [0.4, 0.5) is 5.69 Å². The summed E-state index contributed by atoms with van der Waals surface area (Å²) >= 11 is 0. The van der Waals surface area contributed by atoms with Crippen LogP contribution in [-0.2, 0) is 26.6 Å². The number of hydrogen-bond acceptors (Lipinski definition) is 6. The van der Waals surface area contributed by atoms with Gasteiger partial charge in [-0.2, -0.15) is 5.10 Å². The number of ether oxygens (including phenoxy) is 1. The summed E-state index contributed by atoms with van der Waals surface area (Å²) in [5.41, 5.74) is 2.15. The Morgan fingerprint density at radius 1 is 1.19 bits per heavy atom. The van der Waals surface area contributed by atoms with Gasteiger partial charge in [0.25, 0.3) is 5.91 Å². The first-order valence-corrected chi connectivity index (χ1v) is 9.60. The fraction of sp³-hybridized carbons (Fsp3) is 0.353. The molecule has 1 unspecified atom stereocenters. The van der Waals surface area contributed by atoms with Gasteiger partial charge in [-0.15, -0.1) is 0 Å². The number of esters is 1. The van der Waals surface area contributed by atoms with Crippen LogP contribution in [0.3, 0.4) is 0 Å². The highest BCUT2D eigenvalue weighted by atomic mass is 32.2. The monoisotopic (exact) mass is 394 g/mol. The predicted octanol–water partition coefficient (Wildman–Crippen LogP) is 1.13. The first-order valence-electron chi connectivity index (χ1n) is 8.12. The molecule has 27 heavy (non-hydrogen) atoms. The summed E-state index contributed by atoms with van der Waals surface area (Å²) in [6.07, 6.45) is -1.04. The van der Waals surface area contributed by atoms with Crippen LogP contribution < -0.4 is 10.0 Å². The predicted molar refractivity (Wildman–Crippen MR) is 98.9 cm³/mol. The van der Waals surface area contributed by atoms with Crippen LogP contribution in [0.1, 0.15) is 28.7 Å². The molecule has 0 aliphatic rings. The Bertz CT molecular complexity index is 964. The minimum absolute atomic E-state index is 0.0230. The van der Waals surface area contributed by atoms with Crippen LogP contribution in [0, 0.1) is 13.8 Å². The molecule has 2 N–H and O–H groups in total. The lowest BCUT2D eigenvalue weighted by atomic mass is 10.2. The van der Waals surface area contributed by atoms with E-state index < -0.39 is 28.0 Å². The summed E-state index contributed by atoms with van der Waals surface area (Å²) in [6, 6.07) is 5.23. The molecule has 2 rings (SSSR count). The van der Waals surface area contributed by atoms with Crippen molar-refractivity contribution >= 4 is 27.6 Å². The molecule has 1 aromatic heterocycles. The highest BCUT2D eigenvalue weighted by molar-refractivity contribution is 7.89. The fourth-order valence-corrected chi connectivity index (χ4v) is 3.08. The molecular formula is C17H22N4O5S. The maximum absolute atomic E-state index is 12.3. The van der Waals surface area contributed by atoms with Gasteiger partial charge < -0.3 is 10.1 Å². The van der Waals surface area contributed by atoms with Gasteiger partial charge in [-0.3, -0.25) is 9.48 Å². The highest BCUT2D eigenvalue weighted by Crippen LogP contribution is 2.19. The second kappa shape index (κ2) is 7.89. The van der Waals surface area contributed by atoms with Crippen molar-refractivity contribution in [2.75, 3.05) is 12.4 Å². The van der Waals surface area contributed by atoms with Crippen LogP contribution >= 0.6 is 0 Å². The number of nitrogens with one attached hydrogen (secondary N) is 2. The average molecular weight is 394 g/mol. The molecule has 9 nitrogen and oxygen atoms in total. The molecule has 0 spiro atoms. The number of hydrogen-bond donors (Lipinski definition) is 2. The van der Waals surface area contributed by atoms with E-state index in [-0.39, 0.29) is 10.5 Å². The molecule has 1 atom stereocenters. The Balaban J connectivity index is 2.05. The van der Waals surface area contributed by atoms with Crippen LogP contribution in [0.15, 0.2) is 29.2 Å². The molecule has 0 saturated carbocycles. The number of rotatable bonds is 6. The van der Waals surface area contributed by atoms with Gasteiger partial charge in [0, 0.05) is 7.05 Å². The fourth-order valence-electron chi connectivity index (χ4n) is 2.35. The normalized spacial score (nSPS) is 12.5. The zero-order valence-corrected chi connectivity index (χ0v) is 16.5. The van der Waals surface area contributed by atoms with E-state index >= 15 is 0 Å². The first-order chi connectivity index (χ1) is 12.6. The van der Waals surface area contributed by atoms with Crippen LogP contribution in [0.5, 0.6) is 0 Å². The van der Waals surface area contributed by atoms with Gasteiger partial charge in [-0.05, 0) is 52.1 Å². The van der Waals surface area contributed by atoms with E-state index in [1.807, 2.05) is 6.92 Å². The van der Waals surface area contributed by atoms with Crippen molar-refractivity contribution in [1.29, 1.82) is 0 Å². The third kappa shape index (κ3) is 4.52. The quantitative estimate of drug-likeness (QED) is 0.709. The smallest absolute Gasteiger partial charge is 0.338 e. The highest BCUT2D eigenvalue weighted by Gasteiger charge is 2.22. The third-order valence-corrected chi connectivity index (χ3v) is 5.51. The average Bonchev–Trinajstić information content (AvgIpc) is 2.87. The molecule has 1 aromatic carbocycles. The maximum atomic E-state index is 12.3. The Morgan fingerprint density at radius 3 is 2.26 bits per heavy atom. The third-order valence-electron chi connectivity index (χ3n) is 4.08. The van der Waals surface area contributed by atoms with Gasteiger partial charge in [0.05, 0.1) is 27.5 Å². The van der Waals surface area contributed by atoms with E-state index in [2.05, 4.69) is 15.1 Å². The lowest BCUT2D eigenvalue weighted by Gasteiger charge is -2.14. The standard InChI is InChI=1S/C17H22N4O5S/c1-10-15(11(2)21(5)20-10)19-16(22)12(3)26-17(23)13-6-8-14(9-7-13)27(24,25)18-4/h6-9,12,18H,1-5H3,(H,19,22). The minimum Gasteiger partial charge on any atom is -0.449 e. The summed E-state index contributed by atoms with van der Waals surface area (Å²) in [4.78, 5) is 24.5.